The van der Waals surface area contributed by atoms with Crippen molar-refractivity contribution in [3.63, 3.8) is 0 Å². The van der Waals surface area contributed by atoms with Crippen molar-refractivity contribution in [1.29, 1.82) is 0 Å². The van der Waals surface area contributed by atoms with Crippen molar-refractivity contribution in [2.24, 2.45) is 0 Å². The van der Waals surface area contributed by atoms with Gasteiger partial charge < -0.3 is 9.47 Å². The van der Waals surface area contributed by atoms with Crippen LogP contribution in [-0.2, 0) is 6.61 Å². The van der Waals surface area contributed by atoms with Crippen LogP contribution in [0.25, 0.3) is 0 Å². The molecule has 0 aromatic heterocycles. The molecule has 22 heavy (non-hydrogen) atoms. The minimum Gasteiger partial charge on any atom is -0.490 e. The number of carbonyl (C=O) groups is 1. The Balaban J connectivity index is 2.22. The van der Waals surface area contributed by atoms with Crippen molar-refractivity contribution in [1.82, 2.24) is 0 Å². The van der Waals surface area contributed by atoms with E-state index in [0.29, 0.717) is 45.0 Å². The number of hydrogen-bond donors (Lipinski definition) is 0. The van der Waals surface area contributed by atoms with Crippen LogP contribution in [0.15, 0.2) is 30.3 Å². The molecule has 0 saturated heterocycles. The van der Waals surface area contributed by atoms with E-state index in [9.17, 15) is 4.79 Å². The summed E-state index contributed by atoms with van der Waals surface area (Å²) in [5.41, 5.74) is 1.21. The first-order valence-electron chi connectivity index (χ1n) is 6.53. The first-order valence-corrected chi connectivity index (χ1v) is 7.66. The topological polar surface area (TPSA) is 35.5 Å². The van der Waals surface area contributed by atoms with Gasteiger partial charge in [-0.2, -0.15) is 0 Å². The molecule has 0 aliphatic carbocycles. The molecule has 0 bridgehead atoms. The van der Waals surface area contributed by atoms with Gasteiger partial charge in [0.15, 0.2) is 17.8 Å². The Bertz CT molecular complexity index is 687. The van der Waals surface area contributed by atoms with Gasteiger partial charge in [0, 0.05) is 11.6 Å². The highest BCUT2D eigenvalue weighted by Crippen LogP contribution is 2.34. The highest BCUT2D eigenvalue weighted by atomic mass is 35.5. The van der Waals surface area contributed by atoms with E-state index in [1.54, 1.807) is 24.3 Å². The summed E-state index contributed by atoms with van der Waals surface area (Å²) in [6.45, 7) is 2.56. The molecular formula is C16H13Cl3O3. The van der Waals surface area contributed by atoms with Gasteiger partial charge in [-0.1, -0.05) is 40.9 Å². The summed E-state index contributed by atoms with van der Waals surface area (Å²) in [5.74, 6) is 0.928. The Morgan fingerprint density at radius 2 is 1.68 bits per heavy atom. The van der Waals surface area contributed by atoms with Gasteiger partial charge >= 0.3 is 0 Å². The molecule has 0 N–H and O–H groups in total. The van der Waals surface area contributed by atoms with Crippen LogP contribution < -0.4 is 9.47 Å². The summed E-state index contributed by atoms with van der Waals surface area (Å²) in [7, 11) is 0. The molecule has 3 nitrogen and oxygen atoms in total. The number of aldehydes is 1. The maximum atomic E-state index is 10.9. The standard InChI is InChI=1S/C16H13Cl3O3/c1-2-21-15-6-11(8-20)13(18)7-16(15)22-9-10-3-4-12(17)14(19)5-10/h3-8H,2,9H2,1H3. The molecule has 0 aliphatic heterocycles. The van der Waals surface area contributed by atoms with E-state index >= 15 is 0 Å². The Morgan fingerprint density at radius 3 is 2.32 bits per heavy atom. The maximum absolute atomic E-state index is 10.9. The van der Waals surface area contributed by atoms with Crippen molar-refractivity contribution >= 4 is 41.1 Å². The molecule has 0 fully saturated rings. The Morgan fingerprint density at radius 1 is 0.955 bits per heavy atom. The molecule has 116 valence electrons. The fourth-order valence-corrected chi connectivity index (χ4v) is 2.33. The van der Waals surface area contributed by atoms with E-state index in [1.807, 2.05) is 13.0 Å². The van der Waals surface area contributed by atoms with Gasteiger partial charge in [0.25, 0.3) is 0 Å². The highest BCUT2D eigenvalue weighted by molar-refractivity contribution is 6.42. The zero-order valence-electron chi connectivity index (χ0n) is 11.7. The number of halogens is 3. The lowest BCUT2D eigenvalue weighted by molar-refractivity contribution is 0.112. The van der Waals surface area contributed by atoms with Crippen LogP contribution >= 0.6 is 34.8 Å². The first-order chi connectivity index (χ1) is 10.5. The summed E-state index contributed by atoms with van der Waals surface area (Å²) in [6, 6.07) is 8.37. The van der Waals surface area contributed by atoms with E-state index in [2.05, 4.69) is 0 Å². The zero-order valence-corrected chi connectivity index (χ0v) is 14.0. The minimum atomic E-state index is 0.272. The van der Waals surface area contributed by atoms with Crippen LogP contribution in [0.4, 0.5) is 0 Å². The van der Waals surface area contributed by atoms with E-state index in [0.717, 1.165) is 5.56 Å². The molecule has 0 aliphatic rings. The van der Waals surface area contributed by atoms with E-state index < -0.39 is 0 Å². The number of benzene rings is 2. The van der Waals surface area contributed by atoms with E-state index in [4.69, 9.17) is 44.3 Å². The van der Waals surface area contributed by atoms with Crippen LogP contribution in [0.2, 0.25) is 15.1 Å². The molecule has 2 rings (SSSR count). The van der Waals surface area contributed by atoms with Crippen LogP contribution in [-0.4, -0.2) is 12.9 Å². The van der Waals surface area contributed by atoms with Gasteiger partial charge in [-0.3, -0.25) is 4.79 Å². The summed E-state index contributed by atoms with van der Waals surface area (Å²) >= 11 is 17.9. The zero-order chi connectivity index (χ0) is 16.1. The van der Waals surface area contributed by atoms with Crippen molar-refractivity contribution in [3.05, 3.63) is 56.5 Å². The molecule has 0 radical (unpaired) electrons. The van der Waals surface area contributed by atoms with Crippen molar-refractivity contribution < 1.29 is 14.3 Å². The third-order valence-corrected chi connectivity index (χ3v) is 3.93. The van der Waals surface area contributed by atoms with Crippen molar-refractivity contribution in [3.8, 4) is 11.5 Å². The van der Waals surface area contributed by atoms with Gasteiger partial charge in [-0.15, -0.1) is 0 Å². The van der Waals surface area contributed by atoms with Crippen molar-refractivity contribution in [2.75, 3.05) is 6.61 Å². The second-order valence-corrected chi connectivity index (χ2v) is 5.63. The monoisotopic (exact) mass is 358 g/mol. The summed E-state index contributed by atoms with van der Waals surface area (Å²) in [4.78, 5) is 10.9. The molecular weight excluding hydrogens is 347 g/mol. The molecule has 0 spiro atoms. The smallest absolute Gasteiger partial charge is 0.163 e. The van der Waals surface area contributed by atoms with Crippen LogP contribution in [0, 0.1) is 0 Å². The fourth-order valence-electron chi connectivity index (χ4n) is 1.81. The maximum Gasteiger partial charge on any atom is 0.163 e. The van der Waals surface area contributed by atoms with Gasteiger partial charge in [0.05, 0.1) is 21.7 Å². The average molecular weight is 360 g/mol. The molecule has 6 heteroatoms. The lowest BCUT2D eigenvalue weighted by Gasteiger charge is -2.13. The SMILES string of the molecule is CCOc1cc(C=O)c(Cl)cc1OCc1ccc(Cl)c(Cl)c1. The van der Waals surface area contributed by atoms with Crippen molar-refractivity contribution in [2.45, 2.75) is 13.5 Å². The Hall–Kier alpha value is -1.42. The van der Waals surface area contributed by atoms with E-state index in [-0.39, 0.29) is 6.61 Å². The van der Waals surface area contributed by atoms with Gasteiger partial charge in [-0.25, -0.2) is 0 Å². The average Bonchev–Trinajstić information content (AvgIpc) is 2.50. The molecule has 0 atom stereocenters. The third kappa shape index (κ3) is 4.07. The molecule has 0 saturated carbocycles. The Kier molecular flexibility index (Phi) is 5.95. The van der Waals surface area contributed by atoms with E-state index in [1.165, 1.54) is 0 Å². The molecule has 0 amide bonds. The van der Waals surface area contributed by atoms with Crippen LogP contribution in [0.3, 0.4) is 0 Å². The van der Waals surface area contributed by atoms with Crippen LogP contribution in [0.1, 0.15) is 22.8 Å². The number of hydrogen-bond acceptors (Lipinski definition) is 3. The first kappa shape index (κ1) is 16.9. The van der Waals surface area contributed by atoms with Gasteiger partial charge in [0.1, 0.15) is 6.61 Å². The fraction of sp³-hybridized carbons (Fsp3) is 0.188. The van der Waals surface area contributed by atoms with Gasteiger partial charge in [-0.05, 0) is 30.7 Å². The summed E-state index contributed by atoms with van der Waals surface area (Å²) in [5, 5.41) is 1.25. The molecule has 0 unspecified atom stereocenters. The third-order valence-electron chi connectivity index (χ3n) is 2.87. The lowest BCUT2D eigenvalue weighted by Crippen LogP contribution is -2.01. The summed E-state index contributed by atoms with van der Waals surface area (Å²) < 4.78 is 11.2. The van der Waals surface area contributed by atoms with Crippen LogP contribution in [0.5, 0.6) is 11.5 Å². The second-order valence-electron chi connectivity index (χ2n) is 4.41. The summed E-state index contributed by atoms with van der Waals surface area (Å²) in [6.07, 6.45) is 0.674. The molecule has 0 heterocycles. The quantitative estimate of drug-likeness (QED) is 0.644. The predicted molar refractivity (Wildman–Crippen MR) is 88.8 cm³/mol. The largest absolute Gasteiger partial charge is 0.490 e. The molecule has 2 aromatic carbocycles. The number of rotatable bonds is 6. The lowest BCUT2D eigenvalue weighted by atomic mass is 10.2. The number of ether oxygens (including phenoxy) is 2. The predicted octanol–water partition coefficient (Wildman–Crippen LogP) is 5.44. The number of carbonyl (C=O) groups excluding carboxylic acids is 1. The minimum absolute atomic E-state index is 0.272. The van der Waals surface area contributed by atoms with Gasteiger partial charge in [0.2, 0.25) is 0 Å². The second kappa shape index (κ2) is 7.73. The Labute approximate surface area is 143 Å². The molecule has 2 aromatic rings. The highest BCUT2D eigenvalue weighted by Gasteiger charge is 2.11. The normalized spacial score (nSPS) is 10.4.